The third-order valence-electron chi connectivity index (χ3n) is 2.94. The molecule has 2 aromatic heterocycles. The molecule has 20 heavy (non-hydrogen) atoms. The minimum atomic E-state index is -0.269. The Morgan fingerprint density at radius 1 is 1.45 bits per heavy atom. The van der Waals surface area contributed by atoms with E-state index < -0.39 is 0 Å². The van der Waals surface area contributed by atoms with Gasteiger partial charge in [0.15, 0.2) is 0 Å². The highest BCUT2D eigenvalue weighted by molar-refractivity contribution is 9.10. The van der Waals surface area contributed by atoms with E-state index in [4.69, 9.17) is 16.0 Å². The summed E-state index contributed by atoms with van der Waals surface area (Å²) in [6.45, 7) is 5.65. The van der Waals surface area contributed by atoms with Gasteiger partial charge in [0.25, 0.3) is 5.91 Å². The molecule has 0 aliphatic rings. The summed E-state index contributed by atoms with van der Waals surface area (Å²) in [5.74, 6) is 1.35. The number of hydrogen-bond donors (Lipinski definition) is 1. The van der Waals surface area contributed by atoms with Crippen molar-refractivity contribution < 1.29 is 9.21 Å². The van der Waals surface area contributed by atoms with Gasteiger partial charge >= 0.3 is 0 Å². The molecular formula is C14H14BrClN2O2. The predicted molar refractivity (Wildman–Crippen MR) is 81.0 cm³/mol. The van der Waals surface area contributed by atoms with Crippen molar-refractivity contribution in [3.05, 3.63) is 50.6 Å². The molecule has 0 spiro atoms. The van der Waals surface area contributed by atoms with Crippen LogP contribution < -0.4 is 5.32 Å². The Balaban J connectivity index is 2.19. The van der Waals surface area contributed by atoms with Crippen molar-refractivity contribution in [3.8, 4) is 0 Å². The first-order valence-corrected chi connectivity index (χ1v) is 7.24. The van der Waals surface area contributed by atoms with Gasteiger partial charge in [0.05, 0.1) is 11.6 Å². The Hall–Kier alpha value is -1.33. The van der Waals surface area contributed by atoms with Gasteiger partial charge in [0, 0.05) is 16.2 Å². The van der Waals surface area contributed by atoms with Gasteiger partial charge in [-0.3, -0.25) is 4.79 Å². The summed E-state index contributed by atoms with van der Waals surface area (Å²) in [7, 11) is 0. The SMILES string of the molecule is Cc1cc(C(C)NC(=O)c2cc(Br)cnc2Cl)c(C)o1. The van der Waals surface area contributed by atoms with Gasteiger partial charge in [-0.2, -0.15) is 0 Å². The van der Waals surface area contributed by atoms with Crippen LogP contribution in [0.4, 0.5) is 0 Å². The Kier molecular flexibility index (Phi) is 4.50. The lowest BCUT2D eigenvalue weighted by Gasteiger charge is -2.13. The predicted octanol–water partition coefficient (Wildman–Crippen LogP) is 4.20. The largest absolute Gasteiger partial charge is 0.466 e. The molecule has 1 amide bonds. The number of carbonyl (C=O) groups excluding carboxylic acids is 1. The number of furan rings is 1. The average Bonchev–Trinajstić information content (AvgIpc) is 2.71. The molecule has 106 valence electrons. The number of aromatic nitrogens is 1. The molecule has 2 rings (SSSR count). The monoisotopic (exact) mass is 356 g/mol. The number of halogens is 2. The Bertz CT molecular complexity index is 655. The van der Waals surface area contributed by atoms with Crippen LogP contribution in [0, 0.1) is 13.8 Å². The molecule has 0 saturated heterocycles. The number of nitrogens with one attached hydrogen (secondary N) is 1. The first-order chi connectivity index (χ1) is 9.38. The van der Waals surface area contributed by atoms with E-state index in [0.717, 1.165) is 17.1 Å². The van der Waals surface area contributed by atoms with Gasteiger partial charge in [-0.05, 0) is 48.8 Å². The Labute approximate surface area is 130 Å². The lowest BCUT2D eigenvalue weighted by atomic mass is 10.1. The van der Waals surface area contributed by atoms with E-state index in [1.165, 1.54) is 0 Å². The van der Waals surface area contributed by atoms with E-state index in [0.29, 0.717) is 10.0 Å². The molecule has 0 aliphatic carbocycles. The minimum Gasteiger partial charge on any atom is -0.466 e. The summed E-state index contributed by atoms with van der Waals surface area (Å²) in [6, 6.07) is 3.39. The molecule has 0 fully saturated rings. The van der Waals surface area contributed by atoms with Crippen molar-refractivity contribution in [3.63, 3.8) is 0 Å². The lowest BCUT2D eigenvalue weighted by Crippen LogP contribution is -2.27. The number of amides is 1. The van der Waals surface area contributed by atoms with Crippen molar-refractivity contribution >= 4 is 33.4 Å². The summed E-state index contributed by atoms with van der Waals surface area (Å²) in [5, 5.41) is 3.07. The van der Waals surface area contributed by atoms with E-state index in [2.05, 4.69) is 26.2 Å². The minimum absolute atomic E-state index is 0.171. The van der Waals surface area contributed by atoms with E-state index in [9.17, 15) is 4.79 Å². The van der Waals surface area contributed by atoms with Gasteiger partial charge in [0.1, 0.15) is 16.7 Å². The maximum absolute atomic E-state index is 12.2. The summed E-state index contributed by atoms with van der Waals surface area (Å²) in [6.07, 6.45) is 1.55. The summed E-state index contributed by atoms with van der Waals surface area (Å²) in [4.78, 5) is 16.2. The summed E-state index contributed by atoms with van der Waals surface area (Å²) in [5.41, 5.74) is 1.29. The van der Waals surface area contributed by atoms with Gasteiger partial charge in [-0.1, -0.05) is 11.6 Å². The van der Waals surface area contributed by atoms with Gasteiger partial charge in [-0.15, -0.1) is 0 Å². The van der Waals surface area contributed by atoms with Crippen LogP contribution in [-0.2, 0) is 0 Å². The number of pyridine rings is 1. The van der Waals surface area contributed by atoms with Crippen LogP contribution in [-0.4, -0.2) is 10.9 Å². The fraction of sp³-hybridized carbons (Fsp3) is 0.286. The topological polar surface area (TPSA) is 55.1 Å². The van der Waals surface area contributed by atoms with Gasteiger partial charge in [0.2, 0.25) is 0 Å². The molecule has 2 aromatic rings. The van der Waals surface area contributed by atoms with Crippen LogP contribution in [0.25, 0.3) is 0 Å². The first-order valence-electron chi connectivity index (χ1n) is 6.07. The van der Waals surface area contributed by atoms with E-state index in [-0.39, 0.29) is 17.1 Å². The molecule has 4 nitrogen and oxygen atoms in total. The normalized spacial score (nSPS) is 12.2. The van der Waals surface area contributed by atoms with Crippen LogP contribution in [0.5, 0.6) is 0 Å². The molecule has 0 aromatic carbocycles. The van der Waals surface area contributed by atoms with Crippen molar-refractivity contribution in [1.29, 1.82) is 0 Å². The number of nitrogens with zero attached hydrogens (tertiary/aromatic N) is 1. The second-order valence-electron chi connectivity index (χ2n) is 4.56. The fourth-order valence-electron chi connectivity index (χ4n) is 2.01. The summed E-state index contributed by atoms with van der Waals surface area (Å²) >= 11 is 9.22. The maximum Gasteiger partial charge on any atom is 0.254 e. The fourth-order valence-corrected chi connectivity index (χ4v) is 2.53. The Morgan fingerprint density at radius 2 is 2.15 bits per heavy atom. The highest BCUT2D eigenvalue weighted by atomic mass is 79.9. The van der Waals surface area contributed by atoms with Gasteiger partial charge in [-0.25, -0.2) is 4.98 Å². The van der Waals surface area contributed by atoms with E-state index in [1.807, 2.05) is 26.8 Å². The standard InChI is InChI=1S/C14H14BrClN2O2/c1-7-4-11(9(3)20-7)8(2)18-14(19)12-5-10(15)6-17-13(12)16/h4-6,8H,1-3H3,(H,18,19). The van der Waals surface area contributed by atoms with Crippen molar-refractivity contribution in [2.75, 3.05) is 0 Å². The van der Waals surface area contributed by atoms with E-state index in [1.54, 1.807) is 12.3 Å². The van der Waals surface area contributed by atoms with Crippen LogP contribution in [0.3, 0.4) is 0 Å². The zero-order valence-electron chi connectivity index (χ0n) is 11.3. The van der Waals surface area contributed by atoms with Crippen LogP contribution in [0.15, 0.2) is 27.2 Å². The molecule has 1 unspecified atom stereocenters. The second kappa shape index (κ2) is 5.97. The number of hydrogen-bond acceptors (Lipinski definition) is 3. The molecular weight excluding hydrogens is 344 g/mol. The molecule has 0 aliphatic heterocycles. The summed E-state index contributed by atoms with van der Waals surface area (Å²) < 4.78 is 6.17. The smallest absolute Gasteiger partial charge is 0.254 e. The molecule has 1 N–H and O–H groups in total. The Morgan fingerprint density at radius 3 is 2.75 bits per heavy atom. The molecule has 0 radical (unpaired) electrons. The highest BCUT2D eigenvalue weighted by Crippen LogP contribution is 2.23. The zero-order valence-corrected chi connectivity index (χ0v) is 13.7. The quantitative estimate of drug-likeness (QED) is 0.838. The highest BCUT2D eigenvalue weighted by Gasteiger charge is 2.18. The van der Waals surface area contributed by atoms with Crippen molar-refractivity contribution in [2.45, 2.75) is 26.8 Å². The lowest BCUT2D eigenvalue weighted by molar-refractivity contribution is 0.0939. The number of aryl methyl sites for hydroxylation is 2. The van der Waals surface area contributed by atoms with Crippen molar-refractivity contribution in [2.24, 2.45) is 0 Å². The van der Waals surface area contributed by atoms with Crippen LogP contribution in [0.2, 0.25) is 5.15 Å². The molecule has 6 heteroatoms. The van der Waals surface area contributed by atoms with Crippen LogP contribution >= 0.6 is 27.5 Å². The molecule has 2 heterocycles. The van der Waals surface area contributed by atoms with Gasteiger partial charge < -0.3 is 9.73 Å². The maximum atomic E-state index is 12.2. The first kappa shape index (κ1) is 15.1. The number of carbonyl (C=O) groups is 1. The average molecular weight is 358 g/mol. The molecule has 0 bridgehead atoms. The van der Waals surface area contributed by atoms with E-state index >= 15 is 0 Å². The molecule has 1 atom stereocenters. The second-order valence-corrected chi connectivity index (χ2v) is 5.83. The molecule has 0 saturated carbocycles. The number of rotatable bonds is 3. The zero-order chi connectivity index (χ0) is 14.9. The third-order valence-corrected chi connectivity index (χ3v) is 3.68. The third kappa shape index (κ3) is 3.22. The van der Waals surface area contributed by atoms with Crippen molar-refractivity contribution in [1.82, 2.24) is 10.3 Å². The van der Waals surface area contributed by atoms with Crippen LogP contribution in [0.1, 0.15) is 40.4 Å².